The molecule has 0 spiro atoms. The summed E-state index contributed by atoms with van der Waals surface area (Å²) in [6.07, 6.45) is 3.17. The monoisotopic (exact) mass is 277 g/mol. The van der Waals surface area contributed by atoms with E-state index >= 15 is 0 Å². The second kappa shape index (κ2) is 5.31. The Labute approximate surface area is 115 Å². The van der Waals surface area contributed by atoms with E-state index in [0.717, 1.165) is 5.82 Å². The van der Waals surface area contributed by atoms with Gasteiger partial charge in [0.1, 0.15) is 17.1 Å². The van der Waals surface area contributed by atoms with Crippen molar-refractivity contribution in [3.8, 4) is 0 Å². The summed E-state index contributed by atoms with van der Waals surface area (Å²) in [6.45, 7) is 4.35. The molecule has 0 aliphatic rings. The summed E-state index contributed by atoms with van der Waals surface area (Å²) in [7, 11) is 0. The highest BCUT2D eigenvalue weighted by Gasteiger charge is 2.11. The van der Waals surface area contributed by atoms with Gasteiger partial charge in [-0.25, -0.2) is 9.67 Å². The van der Waals surface area contributed by atoms with Crippen molar-refractivity contribution in [2.75, 3.05) is 0 Å². The first kappa shape index (κ1) is 13.4. The van der Waals surface area contributed by atoms with E-state index in [2.05, 4.69) is 10.1 Å². The van der Waals surface area contributed by atoms with E-state index in [-0.39, 0.29) is 16.6 Å². The largest absolute Gasteiger partial charge is 0.389 e. The number of rotatable bonds is 4. The minimum Gasteiger partial charge on any atom is -0.389 e. The highest BCUT2D eigenvalue weighted by Crippen LogP contribution is 2.06. The molecule has 0 saturated carbocycles. The molecular weight excluding hydrogens is 262 g/mol. The van der Waals surface area contributed by atoms with Crippen molar-refractivity contribution >= 4 is 17.2 Å². The molecule has 0 fully saturated rings. The van der Waals surface area contributed by atoms with Crippen LogP contribution in [0.2, 0.25) is 0 Å². The number of hydrogen-bond donors (Lipinski definition) is 1. The van der Waals surface area contributed by atoms with Crippen LogP contribution >= 0.6 is 12.2 Å². The van der Waals surface area contributed by atoms with Crippen molar-refractivity contribution in [2.24, 2.45) is 5.73 Å². The summed E-state index contributed by atoms with van der Waals surface area (Å²) in [6, 6.07) is 3.55. The average Bonchev–Trinajstić information content (AvgIpc) is 2.79. The standard InChI is InChI=1S/C12H15N5OS/c1-8(2)17-10(14-7-15-17)6-16-5-3-4-9(11(13)19)12(16)18/h3-5,7-8H,6H2,1-2H3,(H2,13,19). The van der Waals surface area contributed by atoms with Crippen molar-refractivity contribution in [3.05, 3.63) is 46.4 Å². The summed E-state index contributed by atoms with van der Waals surface area (Å²) in [5, 5.41) is 4.14. The molecule has 0 radical (unpaired) electrons. The molecule has 2 aromatic rings. The molecule has 0 amide bonds. The molecule has 0 bridgehead atoms. The Kier molecular flexibility index (Phi) is 3.75. The number of nitrogens with zero attached hydrogens (tertiary/aromatic N) is 4. The number of aromatic nitrogens is 4. The number of pyridine rings is 1. The lowest BCUT2D eigenvalue weighted by Crippen LogP contribution is -2.29. The van der Waals surface area contributed by atoms with Crippen LogP contribution in [0.1, 0.15) is 31.3 Å². The molecule has 2 aromatic heterocycles. The summed E-state index contributed by atoms with van der Waals surface area (Å²) in [4.78, 5) is 16.4. The molecule has 19 heavy (non-hydrogen) atoms. The van der Waals surface area contributed by atoms with Gasteiger partial charge < -0.3 is 10.3 Å². The molecule has 2 N–H and O–H groups in total. The lowest BCUT2D eigenvalue weighted by Gasteiger charge is -2.11. The highest BCUT2D eigenvalue weighted by atomic mass is 32.1. The van der Waals surface area contributed by atoms with Crippen LogP contribution in [0.5, 0.6) is 0 Å². The maximum Gasteiger partial charge on any atom is 0.261 e. The van der Waals surface area contributed by atoms with Gasteiger partial charge in [-0.2, -0.15) is 5.10 Å². The molecule has 100 valence electrons. The molecule has 2 rings (SSSR count). The Morgan fingerprint density at radius 3 is 2.89 bits per heavy atom. The second-order valence-electron chi connectivity index (χ2n) is 4.43. The van der Waals surface area contributed by atoms with Gasteiger partial charge in [-0.3, -0.25) is 4.79 Å². The van der Waals surface area contributed by atoms with Crippen molar-refractivity contribution in [2.45, 2.75) is 26.4 Å². The second-order valence-corrected chi connectivity index (χ2v) is 4.87. The van der Waals surface area contributed by atoms with Crippen LogP contribution in [-0.2, 0) is 6.54 Å². The van der Waals surface area contributed by atoms with Gasteiger partial charge in [0, 0.05) is 12.2 Å². The summed E-state index contributed by atoms with van der Waals surface area (Å²) < 4.78 is 3.30. The predicted molar refractivity (Wildman–Crippen MR) is 76.1 cm³/mol. The topological polar surface area (TPSA) is 78.7 Å². The third-order valence-electron chi connectivity index (χ3n) is 2.73. The molecule has 0 atom stereocenters. The SMILES string of the molecule is CC(C)n1ncnc1Cn1cccc(C(N)=S)c1=O. The minimum absolute atomic E-state index is 0.102. The molecule has 7 heteroatoms. The van der Waals surface area contributed by atoms with Crippen LogP contribution in [0.25, 0.3) is 0 Å². The number of hydrogen-bond acceptors (Lipinski definition) is 4. The quantitative estimate of drug-likeness (QED) is 0.832. The molecule has 0 aliphatic carbocycles. The van der Waals surface area contributed by atoms with Gasteiger partial charge in [0.15, 0.2) is 0 Å². The maximum absolute atomic E-state index is 12.2. The van der Waals surface area contributed by atoms with Gasteiger partial charge >= 0.3 is 0 Å². The van der Waals surface area contributed by atoms with Gasteiger partial charge in [-0.1, -0.05) is 12.2 Å². The fourth-order valence-corrected chi connectivity index (χ4v) is 1.98. The summed E-state index contributed by atoms with van der Waals surface area (Å²) in [5.41, 5.74) is 5.65. The van der Waals surface area contributed by atoms with E-state index in [4.69, 9.17) is 18.0 Å². The third kappa shape index (κ3) is 2.70. The molecule has 6 nitrogen and oxygen atoms in total. The highest BCUT2D eigenvalue weighted by molar-refractivity contribution is 7.80. The first-order chi connectivity index (χ1) is 9.00. The van der Waals surface area contributed by atoms with Crippen LogP contribution in [0.15, 0.2) is 29.5 Å². The Bertz CT molecular complexity index is 658. The van der Waals surface area contributed by atoms with Gasteiger partial charge in [0.25, 0.3) is 5.56 Å². The average molecular weight is 277 g/mol. The summed E-state index contributed by atoms with van der Waals surface area (Å²) in [5.74, 6) is 0.720. The molecule has 0 aromatic carbocycles. The summed E-state index contributed by atoms with van der Waals surface area (Å²) >= 11 is 4.86. The molecule has 2 heterocycles. The Balaban J connectivity index is 2.39. The van der Waals surface area contributed by atoms with Crippen molar-refractivity contribution < 1.29 is 0 Å². The van der Waals surface area contributed by atoms with E-state index in [1.54, 1.807) is 23.0 Å². The van der Waals surface area contributed by atoms with Crippen LogP contribution < -0.4 is 11.3 Å². The van der Waals surface area contributed by atoms with Crippen molar-refractivity contribution in [1.29, 1.82) is 0 Å². The zero-order valence-corrected chi connectivity index (χ0v) is 11.6. The number of nitrogens with two attached hydrogens (primary N) is 1. The Morgan fingerprint density at radius 1 is 1.53 bits per heavy atom. The van der Waals surface area contributed by atoms with Crippen LogP contribution in [0.3, 0.4) is 0 Å². The minimum atomic E-state index is -0.215. The molecule has 0 aliphatic heterocycles. The predicted octanol–water partition coefficient (Wildman–Crippen LogP) is 0.703. The van der Waals surface area contributed by atoms with Crippen molar-refractivity contribution in [3.63, 3.8) is 0 Å². The molecule has 0 unspecified atom stereocenters. The first-order valence-electron chi connectivity index (χ1n) is 5.88. The smallest absolute Gasteiger partial charge is 0.261 e. The van der Waals surface area contributed by atoms with E-state index in [1.165, 1.54) is 10.9 Å². The molecular formula is C12H15N5OS. The van der Waals surface area contributed by atoms with Gasteiger partial charge in [-0.15, -0.1) is 0 Å². The van der Waals surface area contributed by atoms with E-state index < -0.39 is 0 Å². The zero-order valence-electron chi connectivity index (χ0n) is 10.8. The lowest BCUT2D eigenvalue weighted by molar-refractivity contribution is 0.494. The van der Waals surface area contributed by atoms with E-state index in [1.807, 2.05) is 13.8 Å². The van der Waals surface area contributed by atoms with Gasteiger partial charge in [0.2, 0.25) is 0 Å². The van der Waals surface area contributed by atoms with E-state index in [9.17, 15) is 4.79 Å². The Morgan fingerprint density at radius 2 is 2.26 bits per heavy atom. The van der Waals surface area contributed by atoms with Gasteiger partial charge in [-0.05, 0) is 26.0 Å². The normalized spacial score (nSPS) is 10.9. The van der Waals surface area contributed by atoms with Crippen LogP contribution in [-0.4, -0.2) is 24.3 Å². The van der Waals surface area contributed by atoms with Crippen molar-refractivity contribution in [1.82, 2.24) is 19.3 Å². The third-order valence-corrected chi connectivity index (χ3v) is 2.95. The maximum atomic E-state index is 12.2. The Hall–Kier alpha value is -2.02. The zero-order chi connectivity index (χ0) is 14.0. The fourth-order valence-electron chi connectivity index (χ4n) is 1.82. The molecule has 0 saturated heterocycles. The fraction of sp³-hybridized carbons (Fsp3) is 0.333. The lowest BCUT2D eigenvalue weighted by atomic mass is 10.3. The first-order valence-corrected chi connectivity index (χ1v) is 6.29. The number of thiocarbonyl (C=S) groups is 1. The van der Waals surface area contributed by atoms with Gasteiger partial charge in [0.05, 0.1) is 12.1 Å². The van der Waals surface area contributed by atoms with Crippen LogP contribution in [0, 0.1) is 0 Å². The van der Waals surface area contributed by atoms with E-state index in [0.29, 0.717) is 12.1 Å². The van der Waals surface area contributed by atoms with Crippen LogP contribution in [0.4, 0.5) is 0 Å².